The van der Waals surface area contributed by atoms with Crippen LogP contribution in [0.25, 0.3) is 0 Å². The molecule has 98 valence electrons. The molecule has 0 aromatic rings. The fourth-order valence-corrected chi connectivity index (χ4v) is 2.39. The van der Waals surface area contributed by atoms with Crippen LogP contribution in [0.2, 0.25) is 0 Å². The lowest BCUT2D eigenvalue weighted by Crippen LogP contribution is -2.57. The summed E-state index contributed by atoms with van der Waals surface area (Å²) < 4.78 is 10.7. The van der Waals surface area contributed by atoms with Crippen LogP contribution in [0.4, 0.5) is 4.79 Å². The van der Waals surface area contributed by atoms with Crippen LogP contribution in [0, 0.1) is 11.8 Å². The highest BCUT2D eigenvalue weighted by molar-refractivity contribution is 5.68. The van der Waals surface area contributed by atoms with E-state index in [2.05, 4.69) is 0 Å². The summed E-state index contributed by atoms with van der Waals surface area (Å²) in [6.07, 6.45) is -0.635. The van der Waals surface area contributed by atoms with Gasteiger partial charge in [-0.05, 0) is 20.8 Å². The number of nitrogens with zero attached hydrogens (tertiary/aromatic N) is 1. The minimum absolute atomic E-state index is 0.0232. The van der Waals surface area contributed by atoms with Gasteiger partial charge in [0, 0.05) is 24.9 Å². The predicted octanol–water partition coefficient (Wildman–Crippen LogP) is 0.861. The molecular formula is C12H21NO4. The average molecular weight is 243 g/mol. The van der Waals surface area contributed by atoms with Crippen molar-refractivity contribution in [3.63, 3.8) is 0 Å². The number of aliphatic hydroxyl groups is 1. The maximum Gasteiger partial charge on any atom is 0.410 e. The SMILES string of the molecule is CC(C)(C)OC(=O)N1C[C@@H]2COC[C@@H](C1)C2O. The number of amides is 1. The highest BCUT2D eigenvalue weighted by Gasteiger charge is 2.41. The van der Waals surface area contributed by atoms with E-state index in [0.29, 0.717) is 26.3 Å². The van der Waals surface area contributed by atoms with Gasteiger partial charge in [-0.2, -0.15) is 0 Å². The Hall–Kier alpha value is -0.810. The van der Waals surface area contributed by atoms with E-state index in [-0.39, 0.29) is 24.0 Å². The van der Waals surface area contributed by atoms with Crippen LogP contribution >= 0.6 is 0 Å². The van der Waals surface area contributed by atoms with Crippen LogP contribution in [0.1, 0.15) is 20.8 Å². The summed E-state index contributed by atoms with van der Waals surface area (Å²) in [5.74, 6) is 0.0463. The number of carbonyl (C=O) groups is 1. The average Bonchev–Trinajstić information content (AvgIpc) is 2.13. The summed E-state index contributed by atoms with van der Waals surface area (Å²) in [4.78, 5) is 13.6. The molecule has 17 heavy (non-hydrogen) atoms. The second-order valence-corrected chi connectivity index (χ2v) is 5.93. The van der Waals surface area contributed by atoms with E-state index in [4.69, 9.17) is 9.47 Å². The number of piperidine rings is 1. The largest absolute Gasteiger partial charge is 0.444 e. The van der Waals surface area contributed by atoms with Crippen LogP contribution in [0.5, 0.6) is 0 Å². The molecule has 0 radical (unpaired) electrons. The molecule has 2 fully saturated rings. The van der Waals surface area contributed by atoms with E-state index in [0.717, 1.165) is 0 Å². The van der Waals surface area contributed by atoms with Gasteiger partial charge in [0.2, 0.25) is 0 Å². The number of hydrogen-bond acceptors (Lipinski definition) is 4. The van der Waals surface area contributed by atoms with Gasteiger partial charge in [0.05, 0.1) is 19.3 Å². The van der Waals surface area contributed by atoms with Crippen molar-refractivity contribution in [3.8, 4) is 0 Å². The lowest BCUT2D eigenvalue weighted by Gasteiger charge is -2.44. The number of rotatable bonds is 0. The lowest BCUT2D eigenvalue weighted by molar-refractivity contribution is -0.122. The van der Waals surface area contributed by atoms with Crippen LogP contribution in [-0.2, 0) is 9.47 Å². The Morgan fingerprint density at radius 1 is 1.29 bits per heavy atom. The van der Waals surface area contributed by atoms with Gasteiger partial charge in [0.1, 0.15) is 5.60 Å². The highest BCUT2D eigenvalue weighted by Crippen LogP contribution is 2.28. The predicted molar refractivity (Wildman–Crippen MR) is 61.6 cm³/mol. The summed E-state index contributed by atoms with van der Waals surface area (Å²) in [5.41, 5.74) is -0.473. The van der Waals surface area contributed by atoms with Crippen molar-refractivity contribution in [2.45, 2.75) is 32.5 Å². The third-order valence-electron chi connectivity index (χ3n) is 3.19. The zero-order valence-electron chi connectivity index (χ0n) is 10.7. The molecule has 2 bridgehead atoms. The third-order valence-corrected chi connectivity index (χ3v) is 3.19. The van der Waals surface area contributed by atoms with Crippen molar-refractivity contribution in [3.05, 3.63) is 0 Å². The molecule has 2 aliphatic heterocycles. The summed E-state index contributed by atoms with van der Waals surface area (Å²) in [5, 5.41) is 9.96. The molecule has 2 atom stereocenters. The minimum atomic E-state index is -0.473. The molecule has 2 saturated heterocycles. The van der Waals surface area contributed by atoms with Crippen LogP contribution in [0.15, 0.2) is 0 Å². The molecule has 0 aromatic heterocycles. The number of likely N-dealkylation sites (tertiary alicyclic amines) is 1. The van der Waals surface area contributed by atoms with Gasteiger partial charge in [-0.1, -0.05) is 0 Å². The Morgan fingerprint density at radius 2 is 1.82 bits per heavy atom. The van der Waals surface area contributed by atoms with Crippen molar-refractivity contribution in [2.24, 2.45) is 11.8 Å². The Balaban J connectivity index is 1.97. The standard InChI is InChI=1S/C12H21NO4/c1-12(2,3)17-11(15)13-4-8-6-16-7-9(5-13)10(8)14/h8-10,14H,4-7H2,1-3H3/t8-,9-/m1/s1. The summed E-state index contributed by atoms with van der Waals surface area (Å²) in [7, 11) is 0. The van der Waals surface area contributed by atoms with Gasteiger partial charge in [-0.3, -0.25) is 0 Å². The van der Waals surface area contributed by atoms with Gasteiger partial charge in [0.25, 0.3) is 0 Å². The van der Waals surface area contributed by atoms with Crippen LogP contribution < -0.4 is 0 Å². The topological polar surface area (TPSA) is 59.0 Å². The van der Waals surface area contributed by atoms with Gasteiger partial charge in [-0.25, -0.2) is 4.79 Å². The number of ether oxygens (including phenoxy) is 2. The minimum Gasteiger partial charge on any atom is -0.444 e. The number of hydrogen-bond donors (Lipinski definition) is 1. The van der Waals surface area contributed by atoms with E-state index < -0.39 is 5.60 Å². The Labute approximate surface area is 102 Å². The molecule has 1 amide bonds. The first-order valence-corrected chi connectivity index (χ1v) is 6.10. The molecule has 0 saturated carbocycles. The van der Waals surface area contributed by atoms with Gasteiger partial charge in [-0.15, -0.1) is 0 Å². The number of carbonyl (C=O) groups excluding carboxylic acids is 1. The Morgan fingerprint density at radius 3 is 2.29 bits per heavy atom. The first-order chi connectivity index (χ1) is 7.87. The van der Waals surface area contributed by atoms with Gasteiger partial charge in [0.15, 0.2) is 0 Å². The molecule has 2 aliphatic rings. The summed E-state index contributed by atoms with van der Waals surface area (Å²) in [6, 6.07) is 0. The highest BCUT2D eigenvalue weighted by atomic mass is 16.6. The van der Waals surface area contributed by atoms with Crippen molar-refractivity contribution in [1.82, 2.24) is 4.90 Å². The number of aliphatic hydroxyl groups excluding tert-OH is 1. The second kappa shape index (κ2) is 4.46. The zero-order chi connectivity index (χ0) is 12.6. The number of fused-ring (bicyclic) bond motifs is 2. The van der Waals surface area contributed by atoms with Crippen molar-refractivity contribution in [1.29, 1.82) is 0 Å². The maximum atomic E-state index is 11.9. The van der Waals surface area contributed by atoms with Gasteiger partial charge < -0.3 is 19.5 Å². The van der Waals surface area contributed by atoms with Crippen molar-refractivity contribution in [2.75, 3.05) is 26.3 Å². The third kappa shape index (κ3) is 2.90. The normalized spacial score (nSPS) is 33.4. The smallest absolute Gasteiger partial charge is 0.410 e. The molecule has 0 aliphatic carbocycles. The summed E-state index contributed by atoms with van der Waals surface area (Å²) >= 11 is 0. The molecule has 2 rings (SSSR count). The maximum absolute atomic E-state index is 11.9. The lowest BCUT2D eigenvalue weighted by atomic mass is 9.85. The van der Waals surface area contributed by atoms with Crippen LogP contribution in [0.3, 0.4) is 0 Å². The molecule has 0 spiro atoms. The van der Waals surface area contributed by atoms with Crippen molar-refractivity contribution < 1.29 is 19.4 Å². The first-order valence-electron chi connectivity index (χ1n) is 6.10. The summed E-state index contributed by atoms with van der Waals surface area (Å²) in [6.45, 7) is 7.65. The molecule has 1 N–H and O–H groups in total. The first kappa shape index (κ1) is 12.6. The van der Waals surface area contributed by atoms with Gasteiger partial charge >= 0.3 is 6.09 Å². The van der Waals surface area contributed by atoms with E-state index in [1.807, 2.05) is 20.8 Å². The molecule has 0 aromatic carbocycles. The van der Waals surface area contributed by atoms with Crippen LogP contribution in [-0.4, -0.2) is 54.1 Å². The monoisotopic (exact) mass is 243 g/mol. The molecule has 2 heterocycles. The molecule has 5 nitrogen and oxygen atoms in total. The van der Waals surface area contributed by atoms with E-state index in [1.54, 1.807) is 4.90 Å². The fourth-order valence-electron chi connectivity index (χ4n) is 2.39. The molecular weight excluding hydrogens is 222 g/mol. The fraction of sp³-hybridized carbons (Fsp3) is 0.917. The van der Waals surface area contributed by atoms with E-state index in [9.17, 15) is 9.90 Å². The second-order valence-electron chi connectivity index (χ2n) is 5.93. The van der Waals surface area contributed by atoms with Crippen molar-refractivity contribution >= 4 is 6.09 Å². The van der Waals surface area contributed by atoms with E-state index >= 15 is 0 Å². The quantitative estimate of drug-likeness (QED) is 0.685. The van der Waals surface area contributed by atoms with E-state index in [1.165, 1.54) is 0 Å². The molecule has 0 unspecified atom stereocenters. The Kier molecular flexibility index (Phi) is 3.32. The molecule has 5 heteroatoms. The zero-order valence-corrected chi connectivity index (χ0v) is 10.7. The Bertz CT molecular complexity index is 285.